The van der Waals surface area contributed by atoms with Gasteiger partial charge in [0.25, 0.3) is 0 Å². The normalized spacial score (nSPS) is 16.3. The molecule has 0 bridgehead atoms. The Labute approximate surface area is 89.7 Å². The summed E-state index contributed by atoms with van der Waals surface area (Å²) in [4.78, 5) is 2.33. The van der Waals surface area contributed by atoms with E-state index < -0.39 is 0 Å². The lowest BCUT2D eigenvalue weighted by Crippen LogP contribution is -2.19. The van der Waals surface area contributed by atoms with Crippen LogP contribution in [0.15, 0.2) is 12.1 Å². The maximum atomic E-state index is 5.99. The summed E-state index contributed by atoms with van der Waals surface area (Å²) in [5.74, 6) is 0. The minimum absolute atomic E-state index is 0.755. The van der Waals surface area contributed by atoms with Crippen LogP contribution in [0.2, 0.25) is 5.02 Å². The van der Waals surface area contributed by atoms with Gasteiger partial charge in [-0.05, 0) is 37.5 Å². The smallest absolute Gasteiger partial charge is 0.0603 e. The zero-order chi connectivity index (χ0) is 10.1. The molecule has 1 aliphatic heterocycles. The van der Waals surface area contributed by atoms with Gasteiger partial charge >= 0.3 is 0 Å². The first-order valence-corrected chi connectivity index (χ1v) is 5.37. The monoisotopic (exact) mass is 210 g/mol. The van der Waals surface area contributed by atoms with E-state index in [1.54, 1.807) is 0 Å². The van der Waals surface area contributed by atoms with Gasteiger partial charge in [-0.15, -0.1) is 0 Å². The summed E-state index contributed by atoms with van der Waals surface area (Å²) in [5.41, 5.74) is 8.98. The molecule has 2 rings (SSSR count). The lowest BCUT2D eigenvalue weighted by atomic mass is 10.2. The van der Waals surface area contributed by atoms with Gasteiger partial charge in [-0.3, -0.25) is 0 Å². The highest BCUT2D eigenvalue weighted by Gasteiger charge is 2.15. The minimum atomic E-state index is 0.755. The second-order valence-corrected chi connectivity index (χ2v) is 4.26. The fourth-order valence-electron chi connectivity index (χ4n) is 1.91. The van der Waals surface area contributed by atoms with Gasteiger partial charge in [-0.25, -0.2) is 0 Å². The van der Waals surface area contributed by atoms with Gasteiger partial charge in [0, 0.05) is 18.1 Å². The largest absolute Gasteiger partial charge is 0.397 e. The molecule has 0 amide bonds. The molecular formula is C11H15ClN2. The van der Waals surface area contributed by atoms with E-state index in [0.717, 1.165) is 35.1 Å². The van der Waals surface area contributed by atoms with Crippen LogP contribution in [0.5, 0.6) is 0 Å². The highest BCUT2D eigenvalue weighted by atomic mass is 35.5. The minimum Gasteiger partial charge on any atom is -0.397 e. The molecule has 1 saturated heterocycles. The fourth-order valence-corrected chi connectivity index (χ4v) is 2.09. The Kier molecular flexibility index (Phi) is 2.55. The molecule has 0 saturated carbocycles. The Balaban J connectivity index is 2.37. The Hall–Kier alpha value is -0.890. The van der Waals surface area contributed by atoms with Crippen molar-refractivity contribution in [1.82, 2.24) is 0 Å². The fraction of sp³-hybridized carbons (Fsp3) is 0.455. The molecule has 76 valence electrons. The number of anilines is 2. The number of benzene rings is 1. The Bertz CT molecular complexity index is 343. The van der Waals surface area contributed by atoms with Crippen molar-refractivity contribution in [3.63, 3.8) is 0 Å². The van der Waals surface area contributed by atoms with E-state index in [4.69, 9.17) is 17.3 Å². The number of rotatable bonds is 1. The zero-order valence-corrected chi connectivity index (χ0v) is 9.14. The molecule has 3 heteroatoms. The van der Waals surface area contributed by atoms with E-state index >= 15 is 0 Å². The van der Waals surface area contributed by atoms with Gasteiger partial charge in [0.2, 0.25) is 0 Å². The number of nitrogen functional groups attached to an aromatic ring is 1. The van der Waals surface area contributed by atoms with E-state index in [-0.39, 0.29) is 0 Å². The zero-order valence-electron chi connectivity index (χ0n) is 8.39. The van der Waals surface area contributed by atoms with Crippen molar-refractivity contribution in [2.75, 3.05) is 23.7 Å². The Morgan fingerprint density at radius 3 is 2.57 bits per heavy atom. The molecule has 0 aliphatic carbocycles. The van der Waals surface area contributed by atoms with Crippen LogP contribution in [-0.2, 0) is 0 Å². The van der Waals surface area contributed by atoms with E-state index in [1.165, 1.54) is 12.8 Å². The number of hydrogen-bond donors (Lipinski definition) is 1. The summed E-state index contributed by atoms with van der Waals surface area (Å²) in [7, 11) is 0. The van der Waals surface area contributed by atoms with Crippen LogP contribution >= 0.6 is 11.6 Å². The molecule has 0 unspecified atom stereocenters. The summed E-state index contributed by atoms with van der Waals surface area (Å²) >= 11 is 5.99. The summed E-state index contributed by atoms with van der Waals surface area (Å²) in [5, 5.41) is 0.755. The molecular weight excluding hydrogens is 196 g/mol. The molecule has 2 N–H and O–H groups in total. The molecule has 0 spiro atoms. The molecule has 1 aromatic carbocycles. The Morgan fingerprint density at radius 2 is 1.93 bits per heavy atom. The van der Waals surface area contributed by atoms with E-state index in [2.05, 4.69) is 11.0 Å². The molecule has 1 aromatic rings. The van der Waals surface area contributed by atoms with Crippen LogP contribution in [0, 0.1) is 6.92 Å². The van der Waals surface area contributed by atoms with E-state index in [1.807, 2.05) is 13.0 Å². The van der Waals surface area contributed by atoms with Crippen molar-refractivity contribution in [2.24, 2.45) is 0 Å². The first-order chi connectivity index (χ1) is 6.68. The summed E-state index contributed by atoms with van der Waals surface area (Å²) < 4.78 is 0. The second-order valence-electron chi connectivity index (χ2n) is 3.85. The molecule has 14 heavy (non-hydrogen) atoms. The summed E-state index contributed by atoms with van der Waals surface area (Å²) in [6, 6.07) is 3.94. The van der Waals surface area contributed by atoms with Crippen molar-refractivity contribution < 1.29 is 0 Å². The van der Waals surface area contributed by atoms with Crippen LogP contribution in [0.1, 0.15) is 18.4 Å². The topological polar surface area (TPSA) is 29.3 Å². The maximum Gasteiger partial charge on any atom is 0.0603 e. The number of nitrogens with zero attached hydrogens (tertiary/aromatic N) is 1. The van der Waals surface area contributed by atoms with Gasteiger partial charge in [-0.2, -0.15) is 0 Å². The second kappa shape index (κ2) is 3.70. The number of halogens is 1. The number of nitrogens with two attached hydrogens (primary N) is 1. The standard InChI is InChI=1S/C11H15ClN2/c1-8-6-11(10(13)7-9(8)12)14-4-2-3-5-14/h6-7H,2-5,13H2,1H3. The number of hydrogen-bond acceptors (Lipinski definition) is 2. The molecule has 2 nitrogen and oxygen atoms in total. The molecule has 0 aromatic heterocycles. The van der Waals surface area contributed by atoms with E-state index in [0.29, 0.717) is 0 Å². The quantitative estimate of drug-likeness (QED) is 0.723. The molecule has 0 radical (unpaired) electrons. The third kappa shape index (κ3) is 1.67. The molecule has 0 atom stereocenters. The first-order valence-electron chi connectivity index (χ1n) is 4.99. The molecule has 1 heterocycles. The predicted octanol–water partition coefficient (Wildman–Crippen LogP) is 2.83. The Morgan fingerprint density at radius 1 is 1.29 bits per heavy atom. The van der Waals surface area contributed by atoms with Gasteiger partial charge in [0.15, 0.2) is 0 Å². The van der Waals surface area contributed by atoms with E-state index in [9.17, 15) is 0 Å². The number of aryl methyl sites for hydroxylation is 1. The van der Waals surface area contributed by atoms with Crippen molar-refractivity contribution in [3.05, 3.63) is 22.7 Å². The van der Waals surface area contributed by atoms with Crippen molar-refractivity contribution >= 4 is 23.0 Å². The molecule has 1 fully saturated rings. The first kappa shape index (κ1) is 9.66. The highest BCUT2D eigenvalue weighted by Crippen LogP contribution is 2.31. The average Bonchev–Trinajstić information content (AvgIpc) is 2.64. The van der Waals surface area contributed by atoms with Crippen LogP contribution in [0.25, 0.3) is 0 Å². The third-order valence-corrected chi connectivity index (χ3v) is 3.16. The lowest BCUT2D eigenvalue weighted by Gasteiger charge is -2.20. The van der Waals surface area contributed by atoms with Gasteiger partial charge in [-0.1, -0.05) is 11.6 Å². The third-order valence-electron chi connectivity index (χ3n) is 2.75. The van der Waals surface area contributed by atoms with Crippen molar-refractivity contribution in [1.29, 1.82) is 0 Å². The predicted molar refractivity (Wildman–Crippen MR) is 62.0 cm³/mol. The van der Waals surface area contributed by atoms with Gasteiger partial charge in [0.05, 0.1) is 11.4 Å². The summed E-state index contributed by atoms with van der Waals surface area (Å²) in [6.07, 6.45) is 2.53. The van der Waals surface area contributed by atoms with Crippen LogP contribution in [0.4, 0.5) is 11.4 Å². The van der Waals surface area contributed by atoms with Gasteiger partial charge < -0.3 is 10.6 Å². The van der Waals surface area contributed by atoms with Crippen LogP contribution in [-0.4, -0.2) is 13.1 Å². The maximum absolute atomic E-state index is 5.99. The SMILES string of the molecule is Cc1cc(N2CCCC2)c(N)cc1Cl. The van der Waals surface area contributed by atoms with Crippen LogP contribution in [0.3, 0.4) is 0 Å². The summed E-state index contributed by atoms with van der Waals surface area (Å²) in [6.45, 7) is 4.25. The average molecular weight is 211 g/mol. The highest BCUT2D eigenvalue weighted by molar-refractivity contribution is 6.31. The van der Waals surface area contributed by atoms with Gasteiger partial charge in [0.1, 0.15) is 0 Å². The van der Waals surface area contributed by atoms with Crippen molar-refractivity contribution in [3.8, 4) is 0 Å². The lowest BCUT2D eigenvalue weighted by molar-refractivity contribution is 0.949. The molecule has 1 aliphatic rings. The van der Waals surface area contributed by atoms with Crippen LogP contribution < -0.4 is 10.6 Å². The van der Waals surface area contributed by atoms with Crippen molar-refractivity contribution in [2.45, 2.75) is 19.8 Å².